The Morgan fingerprint density at radius 2 is 1.90 bits per heavy atom. The lowest BCUT2D eigenvalue weighted by molar-refractivity contribution is 0.113. The van der Waals surface area contributed by atoms with Crippen LogP contribution < -0.4 is 10.1 Å². The second-order valence-electron chi connectivity index (χ2n) is 5.06. The molecule has 0 atom stereocenters. The fraction of sp³-hybridized carbons (Fsp3) is 0.562. The summed E-state index contributed by atoms with van der Waals surface area (Å²) in [5, 5.41) is 21.4. The smallest absolute Gasteiger partial charge is 0.174 e. The fourth-order valence-corrected chi connectivity index (χ4v) is 2.07. The molecular weight excluding hydrogens is 252 g/mol. The Hall–Kier alpha value is -1.57. The Bertz CT molecular complexity index is 411. The Morgan fingerprint density at radius 3 is 2.40 bits per heavy atom. The lowest BCUT2D eigenvalue weighted by Crippen LogP contribution is -2.36. The third-order valence-corrected chi connectivity index (χ3v) is 3.89. The summed E-state index contributed by atoms with van der Waals surface area (Å²) in [4.78, 5) is 0. The second kappa shape index (κ2) is 8.57. The van der Waals surface area contributed by atoms with Crippen molar-refractivity contribution >= 4 is 0 Å². The first-order chi connectivity index (χ1) is 9.69. The van der Waals surface area contributed by atoms with E-state index in [0.29, 0.717) is 5.75 Å². The van der Waals surface area contributed by atoms with Crippen molar-refractivity contribution in [2.24, 2.45) is 5.41 Å². The van der Waals surface area contributed by atoms with Gasteiger partial charge in [0.05, 0.1) is 0 Å². The van der Waals surface area contributed by atoms with Crippen molar-refractivity contribution in [3.8, 4) is 11.8 Å². The van der Waals surface area contributed by atoms with Gasteiger partial charge in [0.2, 0.25) is 0 Å². The molecular formula is C16H24N2O2. The van der Waals surface area contributed by atoms with E-state index >= 15 is 0 Å². The van der Waals surface area contributed by atoms with Gasteiger partial charge in [-0.1, -0.05) is 26.0 Å². The van der Waals surface area contributed by atoms with Gasteiger partial charge in [0.15, 0.2) is 6.61 Å². The van der Waals surface area contributed by atoms with E-state index in [4.69, 9.17) is 10.00 Å². The SMILES string of the molecule is CCC(CC)(CO)CNCc1ccc(OCC#N)cc1. The summed E-state index contributed by atoms with van der Waals surface area (Å²) < 4.78 is 5.21. The van der Waals surface area contributed by atoms with E-state index in [0.717, 1.165) is 31.5 Å². The lowest BCUT2D eigenvalue weighted by Gasteiger charge is -2.29. The molecule has 0 amide bonds. The molecule has 0 saturated carbocycles. The number of aliphatic hydroxyl groups is 1. The largest absolute Gasteiger partial charge is 0.479 e. The van der Waals surface area contributed by atoms with E-state index in [1.54, 1.807) is 0 Å². The van der Waals surface area contributed by atoms with Crippen LogP contribution in [0.1, 0.15) is 32.3 Å². The predicted octanol–water partition coefficient (Wildman–Crippen LogP) is 2.48. The van der Waals surface area contributed by atoms with Crippen molar-refractivity contribution in [3.05, 3.63) is 29.8 Å². The van der Waals surface area contributed by atoms with Crippen molar-refractivity contribution in [2.45, 2.75) is 33.2 Å². The molecule has 0 saturated heterocycles. The molecule has 0 unspecified atom stereocenters. The van der Waals surface area contributed by atoms with Gasteiger partial charge in [0, 0.05) is 25.1 Å². The molecule has 1 aromatic carbocycles. The number of nitrogens with zero attached hydrogens (tertiary/aromatic N) is 1. The zero-order valence-corrected chi connectivity index (χ0v) is 12.4. The molecule has 0 heterocycles. The number of benzene rings is 1. The number of nitriles is 1. The van der Waals surface area contributed by atoms with Crippen LogP contribution in [0.15, 0.2) is 24.3 Å². The van der Waals surface area contributed by atoms with E-state index in [-0.39, 0.29) is 18.6 Å². The van der Waals surface area contributed by atoms with Crippen molar-refractivity contribution in [3.63, 3.8) is 0 Å². The van der Waals surface area contributed by atoms with Crippen LogP contribution in [0.2, 0.25) is 0 Å². The number of ether oxygens (including phenoxy) is 1. The number of hydrogen-bond acceptors (Lipinski definition) is 4. The van der Waals surface area contributed by atoms with Crippen LogP contribution >= 0.6 is 0 Å². The Balaban J connectivity index is 2.44. The van der Waals surface area contributed by atoms with Gasteiger partial charge >= 0.3 is 0 Å². The molecule has 4 heteroatoms. The first-order valence-corrected chi connectivity index (χ1v) is 7.10. The summed E-state index contributed by atoms with van der Waals surface area (Å²) >= 11 is 0. The Kier molecular flexibility index (Phi) is 7.06. The van der Waals surface area contributed by atoms with E-state index < -0.39 is 0 Å². The van der Waals surface area contributed by atoms with Crippen molar-refractivity contribution in [1.82, 2.24) is 5.32 Å². The normalized spacial score (nSPS) is 11.1. The molecule has 0 fully saturated rings. The maximum absolute atomic E-state index is 9.51. The van der Waals surface area contributed by atoms with E-state index in [1.165, 1.54) is 0 Å². The van der Waals surface area contributed by atoms with Gasteiger partial charge in [-0.05, 0) is 30.5 Å². The molecule has 0 aliphatic carbocycles. The highest BCUT2D eigenvalue weighted by atomic mass is 16.5. The highest BCUT2D eigenvalue weighted by Gasteiger charge is 2.24. The van der Waals surface area contributed by atoms with E-state index in [2.05, 4.69) is 19.2 Å². The highest BCUT2D eigenvalue weighted by Crippen LogP contribution is 2.24. The molecule has 110 valence electrons. The van der Waals surface area contributed by atoms with Crippen molar-refractivity contribution in [2.75, 3.05) is 19.8 Å². The Morgan fingerprint density at radius 1 is 1.25 bits per heavy atom. The molecule has 20 heavy (non-hydrogen) atoms. The van der Waals surface area contributed by atoms with Gasteiger partial charge in [-0.25, -0.2) is 0 Å². The number of rotatable bonds is 9. The second-order valence-corrected chi connectivity index (χ2v) is 5.06. The quantitative estimate of drug-likeness (QED) is 0.727. The van der Waals surface area contributed by atoms with Crippen LogP contribution in [0.5, 0.6) is 5.75 Å². The van der Waals surface area contributed by atoms with Crippen LogP contribution in [-0.4, -0.2) is 24.9 Å². The summed E-state index contributed by atoms with van der Waals surface area (Å²) in [5.41, 5.74) is 1.14. The summed E-state index contributed by atoms with van der Waals surface area (Å²) in [6.45, 7) is 6.09. The maximum atomic E-state index is 9.51. The fourth-order valence-electron chi connectivity index (χ4n) is 2.07. The molecule has 0 aliphatic heterocycles. The Labute approximate surface area is 121 Å². The molecule has 4 nitrogen and oxygen atoms in total. The minimum absolute atomic E-state index is 0.0180. The summed E-state index contributed by atoms with van der Waals surface area (Å²) in [7, 11) is 0. The minimum Gasteiger partial charge on any atom is -0.479 e. The zero-order chi connectivity index (χ0) is 14.8. The molecule has 0 bridgehead atoms. The monoisotopic (exact) mass is 276 g/mol. The average Bonchev–Trinajstić information content (AvgIpc) is 2.51. The summed E-state index contributed by atoms with van der Waals surface area (Å²) in [6.07, 6.45) is 1.93. The van der Waals surface area contributed by atoms with Crippen LogP contribution in [0.3, 0.4) is 0 Å². The van der Waals surface area contributed by atoms with Crippen LogP contribution in [0.4, 0.5) is 0 Å². The number of nitrogens with one attached hydrogen (secondary N) is 1. The minimum atomic E-state index is -0.0180. The molecule has 1 rings (SSSR count). The molecule has 0 spiro atoms. The van der Waals surface area contributed by atoms with Crippen molar-refractivity contribution < 1.29 is 9.84 Å². The van der Waals surface area contributed by atoms with Gasteiger partial charge < -0.3 is 15.2 Å². The van der Waals surface area contributed by atoms with E-state index in [9.17, 15) is 5.11 Å². The zero-order valence-electron chi connectivity index (χ0n) is 12.4. The van der Waals surface area contributed by atoms with Crippen LogP contribution in [-0.2, 0) is 6.54 Å². The topological polar surface area (TPSA) is 65.3 Å². The third-order valence-electron chi connectivity index (χ3n) is 3.89. The summed E-state index contributed by atoms with van der Waals surface area (Å²) in [6, 6.07) is 9.65. The number of aliphatic hydroxyl groups excluding tert-OH is 1. The first-order valence-electron chi connectivity index (χ1n) is 7.10. The molecule has 0 aromatic heterocycles. The van der Waals surface area contributed by atoms with Crippen LogP contribution in [0, 0.1) is 16.7 Å². The third kappa shape index (κ3) is 4.84. The van der Waals surface area contributed by atoms with Crippen LogP contribution in [0.25, 0.3) is 0 Å². The van der Waals surface area contributed by atoms with Gasteiger partial charge in [0.1, 0.15) is 11.8 Å². The van der Waals surface area contributed by atoms with Gasteiger partial charge in [-0.15, -0.1) is 0 Å². The standard InChI is InChI=1S/C16H24N2O2/c1-3-16(4-2,13-19)12-18-11-14-5-7-15(8-6-14)20-10-9-17/h5-8,18-19H,3-4,10-13H2,1-2H3. The van der Waals surface area contributed by atoms with E-state index in [1.807, 2.05) is 30.3 Å². The first kappa shape index (κ1) is 16.5. The predicted molar refractivity (Wildman–Crippen MR) is 79.4 cm³/mol. The molecule has 2 N–H and O–H groups in total. The molecule has 0 radical (unpaired) electrons. The highest BCUT2D eigenvalue weighted by molar-refractivity contribution is 5.27. The maximum Gasteiger partial charge on any atom is 0.174 e. The lowest BCUT2D eigenvalue weighted by atomic mass is 9.83. The average molecular weight is 276 g/mol. The van der Waals surface area contributed by atoms with Gasteiger partial charge in [-0.2, -0.15) is 5.26 Å². The summed E-state index contributed by atoms with van der Waals surface area (Å²) in [5.74, 6) is 0.710. The molecule has 1 aromatic rings. The van der Waals surface area contributed by atoms with Gasteiger partial charge in [0.25, 0.3) is 0 Å². The van der Waals surface area contributed by atoms with Gasteiger partial charge in [-0.3, -0.25) is 0 Å². The molecule has 0 aliphatic rings. The van der Waals surface area contributed by atoms with Crippen molar-refractivity contribution in [1.29, 1.82) is 5.26 Å². The number of hydrogen-bond donors (Lipinski definition) is 2.